The van der Waals surface area contributed by atoms with Gasteiger partial charge in [-0.2, -0.15) is 0 Å². The second-order valence-electron chi connectivity index (χ2n) is 3.25. The number of benzene rings is 2. The van der Waals surface area contributed by atoms with Crippen LogP contribution in [0.3, 0.4) is 0 Å². The minimum Gasteiger partial charge on any atom is -0.456 e. The topological polar surface area (TPSA) is 35.2 Å². The lowest BCUT2D eigenvalue weighted by molar-refractivity contribution is 0.483. The third-order valence-electron chi connectivity index (χ3n) is 2.00. The largest absolute Gasteiger partial charge is 0.456 e. The van der Waals surface area contributed by atoms with Gasteiger partial charge < -0.3 is 10.5 Å². The molecule has 4 heteroatoms. The molecule has 0 heterocycles. The van der Waals surface area contributed by atoms with E-state index < -0.39 is 0 Å². The van der Waals surface area contributed by atoms with Crippen molar-refractivity contribution < 1.29 is 4.74 Å². The maximum atomic E-state index is 6.03. The zero-order valence-corrected chi connectivity index (χ0v) is 10.6. The lowest BCUT2D eigenvalue weighted by Gasteiger charge is -2.07. The lowest BCUT2D eigenvalue weighted by Crippen LogP contribution is -1.87. The van der Waals surface area contributed by atoms with Gasteiger partial charge in [-0.05, 0) is 42.5 Å². The molecule has 0 atom stereocenters. The van der Waals surface area contributed by atoms with Gasteiger partial charge in [-0.25, -0.2) is 0 Å². The number of ether oxygens (including phenoxy) is 1. The highest BCUT2D eigenvalue weighted by molar-refractivity contribution is 9.10. The van der Waals surface area contributed by atoms with Gasteiger partial charge in [0.1, 0.15) is 11.5 Å². The van der Waals surface area contributed by atoms with Crippen LogP contribution in [0.15, 0.2) is 46.9 Å². The molecule has 2 N–H and O–H groups in total. The van der Waals surface area contributed by atoms with Crippen LogP contribution in [0.5, 0.6) is 11.5 Å². The molecule has 0 amide bonds. The summed E-state index contributed by atoms with van der Waals surface area (Å²) in [6.45, 7) is 0. The molecule has 0 aliphatic heterocycles. The van der Waals surface area contributed by atoms with Crippen molar-refractivity contribution in [2.75, 3.05) is 5.73 Å². The van der Waals surface area contributed by atoms with Crippen molar-refractivity contribution >= 4 is 33.2 Å². The van der Waals surface area contributed by atoms with E-state index in [0.717, 1.165) is 4.47 Å². The maximum Gasteiger partial charge on any atom is 0.146 e. The van der Waals surface area contributed by atoms with Crippen LogP contribution < -0.4 is 10.5 Å². The Bertz CT molecular complexity index is 499. The Morgan fingerprint density at radius 2 is 1.75 bits per heavy atom. The number of anilines is 1. The third-order valence-corrected chi connectivity index (χ3v) is 2.79. The molecule has 0 saturated carbocycles. The van der Waals surface area contributed by atoms with Crippen LogP contribution in [0.2, 0.25) is 5.02 Å². The quantitative estimate of drug-likeness (QED) is 0.830. The molecule has 0 saturated heterocycles. The Balaban J connectivity index is 2.23. The molecule has 0 aliphatic carbocycles. The molecule has 2 nitrogen and oxygen atoms in total. The van der Waals surface area contributed by atoms with Crippen LogP contribution in [-0.4, -0.2) is 0 Å². The summed E-state index contributed by atoms with van der Waals surface area (Å²) in [6.07, 6.45) is 0. The zero-order valence-electron chi connectivity index (χ0n) is 8.28. The SMILES string of the molecule is Nc1ccc(Oc2ccc(Br)cc2Cl)cc1. The van der Waals surface area contributed by atoms with Crippen LogP contribution in [0.4, 0.5) is 5.69 Å². The highest BCUT2D eigenvalue weighted by Gasteiger charge is 2.03. The Labute approximate surface area is 107 Å². The van der Waals surface area contributed by atoms with Crippen molar-refractivity contribution in [2.45, 2.75) is 0 Å². The van der Waals surface area contributed by atoms with Crippen LogP contribution in [0, 0.1) is 0 Å². The van der Waals surface area contributed by atoms with E-state index >= 15 is 0 Å². The molecule has 2 aromatic carbocycles. The number of hydrogen-bond acceptors (Lipinski definition) is 2. The van der Waals surface area contributed by atoms with Crippen molar-refractivity contribution in [1.29, 1.82) is 0 Å². The standard InChI is InChI=1S/C12H9BrClNO/c13-8-1-6-12(11(14)7-8)16-10-4-2-9(15)3-5-10/h1-7H,15H2. The van der Waals surface area contributed by atoms with Gasteiger partial charge in [0.25, 0.3) is 0 Å². The first kappa shape index (κ1) is 11.3. The summed E-state index contributed by atoms with van der Waals surface area (Å²) in [5.74, 6) is 1.33. The minimum atomic E-state index is 0.561. The van der Waals surface area contributed by atoms with Crippen molar-refractivity contribution in [3.8, 4) is 11.5 Å². The average Bonchev–Trinajstić information content (AvgIpc) is 2.25. The smallest absolute Gasteiger partial charge is 0.146 e. The number of rotatable bonds is 2. The highest BCUT2D eigenvalue weighted by Crippen LogP contribution is 2.31. The van der Waals surface area contributed by atoms with E-state index in [1.807, 2.05) is 12.1 Å². The molecular formula is C12H9BrClNO. The number of halogens is 2. The molecule has 0 aliphatic rings. The van der Waals surface area contributed by atoms with E-state index in [0.29, 0.717) is 22.2 Å². The van der Waals surface area contributed by atoms with Crippen LogP contribution in [0.1, 0.15) is 0 Å². The summed E-state index contributed by atoms with van der Waals surface area (Å²) in [5.41, 5.74) is 6.29. The molecule has 0 unspecified atom stereocenters. The summed E-state index contributed by atoms with van der Waals surface area (Å²) in [6, 6.07) is 12.6. The monoisotopic (exact) mass is 297 g/mol. The first-order valence-corrected chi connectivity index (χ1v) is 5.81. The average molecular weight is 299 g/mol. The summed E-state index contributed by atoms with van der Waals surface area (Å²) < 4.78 is 6.53. The normalized spacial score (nSPS) is 10.1. The Kier molecular flexibility index (Phi) is 3.36. The van der Waals surface area contributed by atoms with E-state index in [-0.39, 0.29) is 0 Å². The van der Waals surface area contributed by atoms with Crippen LogP contribution in [-0.2, 0) is 0 Å². The van der Waals surface area contributed by atoms with Gasteiger partial charge in [-0.3, -0.25) is 0 Å². The van der Waals surface area contributed by atoms with E-state index in [2.05, 4.69) is 15.9 Å². The first-order chi connectivity index (χ1) is 7.65. The molecule has 0 radical (unpaired) electrons. The highest BCUT2D eigenvalue weighted by atomic mass is 79.9. The number of hydrogen-bond donors (Lipinski definition) is 1. The number of nitrogens with two attached hydrogens (primary N) is 1. The van der Waals surface area contributed by atoms with Gasteiger partial charge in [-0.1, -0.05) is 27.5 Å². The molecule has 0 bridgehead atoms. The summed E-state index contributed by atoms with van der Waals surface area (Å²) in [7, 11) is 0. The van der Waals surface area contributed by atoms with Gasteiger partial charge in [-0.15, -0.1) is 0 Å². The number of nitrogen functional groups attached to an aromatic ring is 1. The van der Waals surface area contributed by atoms with E-state index in [9.17, 15) is 0 Å². The van der Waals surface area contributed by atoms with Gasteiger partial charge in [0, 0.05) is 10.2 Å². The molecule has 16 heavy (non-hydrogen) atoms. The summed E-state index contributed by atoms with van der Waals surface area (Å²) in [4.78, 5) is 0. The Morgan fingerprint density at radius 3 is 2.38 bits per heavy atom. The zero-order chi connectivity index (χ0) is 11.5. The fraction of sp³-hybridized carbons (Fsp3) is 0. The third kappa shape index (κ3) is 2.68. The first-order valence-electron chi connectivity index (χ1n) is 4.63. The summed E-state index contributed by atoms with van der Waals surface area (Å²) >= 11 is 9.37. The molecule has 0 aromatic heterocycles. The van der Waals surface area contributed by atoms with Crippen molar-refractivity contribution in [2.24, 2.45) is 0 Å². The van der Waals surface area contributed by atoms with E-state index in [4.69, 9.17) is 22.1 Å². The van der Waals surface area contributed by atoms with E-state index in [1.165, 1.54) is 0 Å². The molecule has 82 valence electrons. The van der Waals surface area contributed by atoms with Crippen molar-refractivity contribution in [3.63, 3.8) is 0 Å². The minimum absolute atomic E-state index is 0.561. The van der Waals surface area contributed by atoms with Crippen molar-refractivity contribution in [1.82, 2.24) is 0 Å². The molecule has 2 rings (SSSR count). The van der Waals surface area contributed by atoms with Gasteiger partial charge in [0.2, 0.25) is 0 Å². The summed E-state index contributed by atoms with van der Waals surface area (Å²) in [5, 5.41) is 0.561. The van der Waals surface area contributed by atoms with Gasteiger partial charge in [0.05, 0.1) is 5.02 Å². The lowest BCUT2D eigenvalue weighted by atomic mass is 10.3. The van der Waals surface area contributed by atoms with Crippen molar-refractivity contribution in [3.05, 3.63) is 52.0 Å². The van der Waals surface area contributed by atoms with E-state index in [1.54, 1.807) is 30.3 Å². The molecule has 2 aromatic rings. The Morgan fingerprint density at radius 1 is 1.06 bits per heavy atom. The maximum absolute atomic E-state index is 6.03. The molecule has 0 fully saturated rings. The second-order valence-corrected chi connectivity index (χ2v) is 4.57. The molecular weight excluding hydrogens is 289 g/mol. The van der Waals surface area contributed by atoms with Gasteiger partial charge in [0.15, 0.2) is 0 Å². The predicted molar refractivity (Wildman–Crippen MR) is 70.1 cm³/mol. The fourth-order valence-corrected chi connectivity index (χ4v) is 1.93. The van der Waals surface area contributed by atoms with Gasteiger partial charge >= 0.3 is 0 Å². The molecule has 0 spiro atoms. The predicted octanol–water partition coefficient (Wildman–Crippen LogP) is 4.48. The second kappa shape index (κ2) is 4.76. The van der Waals surface area contributed by atoms with Crippen LogP contribution in [0.25, 0.3) is 0 Å². The Hall–Kier alpha value is -1.19. The van der Waals surface area contributed by atoms with Crippen LogP contribution >= 0.6 is 27.5 Å². The fourth-order valence-electron chi connectivity index (χ4n) is 1.22.